The minimum absolute atomic E-state index is 0.111. The van der Waals surface area contributed by atoms with Crippen molar-refractivity contribution in [3.63, 3.8) is 0 Å². The van der Waals surface area contributed by atoms with Gasteiger partial charge in [0.2, 0.25) is 0 Å². The number of anilines is 2. The van der Waals surface area contributed by atoms with Gasteiger partial charge in [-0.2, -0.15) is 5.26 Å². The molecule has 0 amide bonds. The minimum Gasteiger partial charge on any atom is -0.397 e. The Balaban J connectivity index is 2.77. The molecular formula is C14H21N3O. The van der Waals surface area contributed by atoms with Crippen molar-refractivity contribution in [3.05, 3.63) is 23.8 Å². The first-order valence-corrected chi connectivity index (χ1v) is 6.25. The van der Waals surface area contributed by atoms with Crippen LogP contribution in [0.2, 0.25) is 0 Å². The molecule has 1 aromatic rings. The Bertz CT molecular complexity index is 425. The number of hydrogen-bond acceptors (Lipinski definition) is 4. The minimum atomic E-state index is -0.111. The molecule has 0 bridgehead atoms. The van der Waals surface area contributed by atoms with E-state index >= 15 is 0 Å². The number of aliphatic hydroxyl groups is 1. The van der Waals surface area contributed by atoms with Gasteiger partial charge in [-0.15, -0.1) is 0 Å². The van der Waals surface area contributed by atoms with Crippen LogP contribution in [0.3, 0.4) is 0 Å². The highest BCUT2D eigenvalue weighted by Gasteiger charge is 2.25. The standard InChI is InChI=1S/C14H21N3O/c1-3-14(4-2,10-18)9-17-13-6-5-11(8-15)7-12(13)16/h5-7,17-18H,3-4,9-10,16H2,1-2H3. The highest BCUT2D eigenvalue weighted by molar-refractivity contribution is 5.68. The zero-order valence-corrected chi connectivity index (χ0v) is 11.0. The molecule has 0 saturated carbocycles. The summed E-state index contributed by atoms with van der Waals surface area (Å²) >= 11 is 0. The summed E-state index contributed by atoms with van der Waals surface area (Å²) in [6, 6.07) is 7.25. The van der Waals surface area contributed by atoms with Crippen LogP contribution in [0.5, 0.6) is 0 Å². The van der Waals surface area contributed by atoms with E-state index in [1.54, 1.807) is 18.2 Å². The highest BCUT2D eigenvalue weighted by atomic mass is 16.3. The topological polar surface area (TPSA) is 82.1 Å². The molecule has 4 N–H and O–H groups in total. The van der Waals surface area contributed by atoms with Crippen molar-refractivity contribution in [2.75, 3.05) is 24.2 Å². The fourth-order valence-electron chi connectivity index (χ4n) is 1.86. The molecule has 0 heterocycles. The average Bonchev–Trinajstić information content (AvgIpc) is 2.42. The van der Waals surface area contributed by atoms with Crippen LogP contribution in [-0.4, -0.2) is 18.3 Å². The molecule has 0 unspecified atom stereocenters. The van der Waals surface area contributed by atoms with E-state index in [4.69, 9.17) is 11.0 Å². The lowest BCUT2D eigenvalue weighted by Gasteiger charge is -2.30. The summed E-state index contributed by atoms with van der Waals surface area (Å²) in [5.41, 5.74) is 7.69. The van der Waals surface area contributed by atoms with Crippen LogP contribution in [0, 0.1) is 16.7 Å². The summed E-state index contributed by atoms with van der Waals surface area (Å²) in [6.07, 6.45) is 1.81. The number of rotatable bonds is 6. The number of nitrogen functional groups attached to an aromatic ring is 1. The molecular weight excluding hydrogens is 226 g/mol. The van der Waals surface area contributed by atoms with Gasteiger partial charge in [0.1, 0.15) is 0 Å². The second-order valence-electron chi connectivity index (χ2n) is 4.63. The SMILES string of the molecule is CCC(CC)(CO)CNc1ccc(C#N)cc1N. The molecule has 0 aliphatic rings. The van der Waals surface area contributed by atoms with E-state index in [9.17, 15) is 5.11 Å². The molecule has 0 atom stereocenters. The molecule has 0 spiro atoms. The summed E-state index contributed by atoms with van der Waals surface area (Å²) in [7, 11) is 0. The zero-order valence-electron chi connectivity index (χ0n) is 11.0. The average molecular weight is 247 g/mol. The van der Waals surface area contributed by atoms with Gasteiger partial charge in [-0.05, 0) is 31.0 Å². The van der Waals surface area contributed by atoms with Gasteiger partial charge in [0.25, 0.3) is 0 Å². The Morgan fingerprint density at radius 2 is 2.06 bits per heavy atom. The largest absolute Gasteiger partial charge is 0.397 e. The quantitative estimate of drug-likeness (QED) is 0.674. The van der Waals surface area contributed by atoms with Crippen molar-refractivity contribution in [2.24, 2.45) is 5.41 Å². The van der Waals surface area contributed by atoms with Crippen LogP contribution in [0.25, 0.3) is 0 Å². The third kappa shape index (κ3) is 3.14. The third-order valence-corrected chi connectivity index (χ3v) is 3.67. The van der Waals surface area contributed by atoms with Gasteiger partial charge in [0, 0.05) is 12.0 Å². The normalized spacial score (nSPS) is 11.0. The van der Waals surface area contributed by atoms with Crippen LogP contribution in [0.15, 0.2) is 18.2 Å². The van der Waals surface area contributed by atoms with Crippen LogP contribution >= 0.6 is 0 Å². The van der Waals surface area contributed by atoms with E-state index in [0.29, 0.717) is 17.8 Å². The van der Waals surface area contributed by atoms with E-state index in [-0.39, 0.29) is 12.0 Å². The molecule has 0 fully saturated rings. The van der Waals surface area contributed by atoms with E-state index in [0.717, 1.165) is 18.5 Å². The Labute approximate surface area is 108 Å². The Morgan fingerprint density at radius 3 is 2.50 bits per heavy atom. The number of nitrogens with zero attached hydrogens (tertiary/aromatic N) is 1. The maximum absolute atomic E-state index is 9.49. The smallest absolute Gasteiger partial charge is 0.0992 e. The maximum Gasteiger partial charge on any atom is 0.0992 e. The van der Waals surface area contributed by atoms with Crippen molar-refractivity contribution in [2.45, 2.75) is 26.7 Å². The monoisotopic (exact) mass is 247 g/mol. The number of nitriles is 1. The molecule has 4 heteroatoms. The first-order valence-electron chi connectivity index (χ1n) is 6.25. The number of benzene rings is 1. The van der Waals surface area contributed by atoms with Gasteiger partial charge < -0.3 is 16.2 Å². The van der Waals surface area contributed by atoms with Crippen LogP contribution in [-0.2, 0) is 0 Å². The molecule has 1 rings (SSSR count). The predicted octanol–water partition coefficient (Wildman–Crippen LogP) is 2.35. The Hall–Kier alpha value is -1.73. The second kappa shape index (κ2) is 6.27. The molecule has 18 heavy (non-hydrogen) atoms. The van der Waals surface area contributed by atoms with Gasteiger partial charge in [-0.3, -0.25) is 0 Å². The fraction of sp³-hybridized carbons (Fsp3) is 0.500. The number of nitrogens with one attached hydrogen (secondary N) is 1. The van der Waals surface area contributed by atoms with Crippen molar-refractivity contribution in [3.8, 4) is 6.07 Å². The molecule has 1 aromatic carbocycles. The molecule has 4 nitrogen and oxygen atoms in total. The lowest BCUT2D eigenvalue weighted by atomic mass is 9.83. The predicted molar refractivity (Wildman–Crippen MR) is 74.2 cm³/mol. The van der Waals surface area contributed by atoms with Gasteiger partial charge in [-0.1, -0.05) is 13.8 Å². The van der Waals surface area contributed by atoms with E-state index in [1.165, 1.54) is 0 Å². The summed E-state index contributed by atoms with van der Waals surface area (Å²) < 4.78 is 0. The molecule has 0 saturated heterocycles. The third-order valence-electron chi connectivity index (χ3n) is 3.67. The van der Waals surface area contributed by atoms with Crippen molar-refractivity contribution >= 4 is 11.4 Å². The van der Waals surface area contributed by atoms with Crippen molar-refractivity contribution in [1.29, 1.82) is 5.26 Å². The van der Waals surface area contributed by atoms with Crippen molar-refractivity contribution < 1.29 is 5.11 Å². The van der Waals surface area contributed by atoms with Crippen LogP contribution in [0.4, 0.5) is 11.4 Å². The molecule has 0 aliphatic carbocycles. The summed E-state index contributed by atoms with van der Waals surface area (Å²) in [4.78, 5) is 0. The summed E-state index contributed by atoms with van der Waals surface area (Å²) in [6.45, 7) is 4.98. The molecule has 0 radical (unpaired) electrons. The van der Waals surface area contributed by atoms with E-state index in [1.807, 2.05) is 0 Å². The maximum atomic E-state index is 9.49. The summed E-state index contributed by atoms with van der Waals surface area (Å²) in [5.74, 6) is 0. The van der Waals surface area contributed by atoms with Crippen LogP contribution < -0.4 is 11.1 Å². The Kier molecular flexibility index (Phi) is 4.99. The van der Waals surface area contributed by atoms with Crippen LogP contribution in [0.1, 0.15) is 32.3 Å². The van der Waals surface area contributed by atoms with E-state index in [2.05, 4.69) is 25.2 Å². The van der Waals surface area contributed by atoms with Gasteiger partial charge in [0.05, 0.1) is 29.6 Å². The van der Waals surface area contributed by atoms with Gasteiger partial charge >= 0.3 is 0 Å². The molecule has 0 aromatic heterocycles. The Morgan fingerprint density at radius 1 is 1.39 bits per heavy atom. The molecule has 98 valence electrons. The molecule has 0 aliphatic heterocycles. The zero-order chi connectivity index (χ0) is 13.6. The number of hydrogen-bond donors (Lipinski definition) is 3. The summed E-state index contributed by atoms with van der Waals surface area (Å²) in [5, 5.41) is 21.5. The fourth-order valence-corrected chi connectivity index (χ4v) is 1.86. The van der Waals surface area contributed by atoms with E-state index < -0.39 is 0 Å². The number of aliphatic hydroxyl groups excluding tert-OH is 1. The lowest BCUT2D eigenvalue weighted by Crippen LogP contribution is -2.32. The van der Waals surface area contributed by atoms with Gasteiger partial charge in [0.15, 0.2) is 0 Å². The lowest BCUT2D eigenvalue weighted by molar-refractivity contribution is 0.127. The first-order chi connectivity index (χ1) is 8.60. The number of nitrogens with two attached hydrogens (primary N) is 1. The van der Waals surface area contributed by atoms with Crippen molar-refractivity contribution in [1.82, 2.24) is 0 Å². The highest BCUT2D eigenvalue weighted by Crippen LogP contribution is 2.28. The second-order valence-corrected chi connectivity index (χ2v) is 4.63. The first kappa shape index (κ1) is 14.3. The van der Waals surface area contributed by atoms with Gasteiger partial charge in [-0.25, -0.2) is 0 Å².